The third-order valence-electron chi connectivity index (χ3n) is 6.62. The zero-order valence-corrected chi connectivity index (χ0v) is 17.1. The van der Waals surface area contributed by atoms with Gasteiger partial charge in [0.05, 0.1) is 6.04 Å². The van der Waals surface area contributed by atoms with Crippen LogP contribution < -0.4 is 15.5 Å². The minimum atomic E-state index is -0.884. The predicted molar refractivity (Wildman–Crippen MR) is 107 cm³/mol. The van der Waals surface area contributed by atoms with Crippen molar-refractivity contribution in [2.45, 2.75) is 43.7 Å². The highest BCUT2D eigenvalue weighted by atomic mass is 79.9. The normalized spacial score (nSPS) is 28.7. The molecule has 1 aliphatic carbocycles. The molecule has 2 atom stereocenters. The average molecular weight is 447 g/mol. The van der Waals surface area contributed by atoms with Crippen LogP contribution in [0.15, 0.2) is 22.7 Å². The Labute approximate surface area is 171 Å². The van der Waals surface area contributed by atoms with Crippen LogP contribution in [0.3, 0.4) is 0 Å². The zero-order valence-electron chi connectivity index (χ0n) is 15.5. The van der Waals surface area contributed by atoms with Gasteiger partial charge in [0, 0.05) is 36.2 Å². The Morgan fingerprint density at radius 1 is 1.25 bits per heavy atom. The van der Waals surface area contributed by atoms with Crippen LogP contribution >= 0.6 is 15.9 Å². The molecule has 8 heteroatoms. The number of imide groups is 1. The Kier molecular flexibility index (Phi) is 4.15. The van der Waals surface area contributed by atoms with E-state index in [-0.39, 0.29) is 24.2 Å². The largest absolute Gasteiger partial charge is 0.364 e. The number of rotatable bonds is 4. The molecular weight excluding hydrogens is 424 g/mol. The fourth-order valence-corrected chi connectivity index (χ4v) is 5.44. The maximum atomic E-state index is 12.9. The van der Waals surface area contributed by atoms with Gasteiger partial charge in [-0.05, 0) is 55.4 Å². The van der Waals surface area contributed by atoms with E-state index < -0.39 is 11.6 Å². The molecule has 0 bridgehead atoms. The van der Waals surface area contributed by atoms with Crippen molar-refractivity contribution in [1.82, 2.24) is 15.5 Å². The molecule has 1 unspecified atom stereocenters. The minimum Gasteiger partial charge on any atom is -0.364 e. The van der Waals surface area contributed by atoms with E-state index in [1.54, 1.807) is 0 Å². The summed E-state index contributed by atoms with van der Waals surface area (Å²) in [5.41, 5.74) is 1.72. The molecule has 1 aromatic rings. The predicted octanol–water partition coefficient (Wildman–Crippen LogP) is 1.79. The lowest BCUT2D eigenvalue weighted by atomic mass is 9.87. The smallest absolute Gasteiger partial charge is 0.322 e. The molecule has 28 heavy (non-hydrogen) atoms. The van der Waals surface area contributed by atoms with E-state index in [4.69, 9.17) is 0 Å². The lowest BCUT2D eigenvalue weighted by molar-refractivity contribution is -0.133. The second kappa shape index (κ2) is 6.47. The van der Waals surface area contributed by atoms with Crippen molar-refractivity contribution in [1.29, 1.82) is 0 Å². The molecule has 5 rings (SSSR count). The Bertz CT molecular complexity index is 871. The van der Waals surface area contributed by atoms with Crippen LogP contribution in [0.25, 0.3) is 0 Å². The Balaban J connectivity index is 1.23. The van der Waals surface area contributed by atoms with Gasteiger partial charge in [0.1, 0.15) is 5.54 Å². The number of piperazine rings is 1. The van der Waals surface area contributed by atoms with Gasteiger partial charge < -0.3 is 15.1 Å². The highest BCUT2D eigenvalue weighted by molar-refractivity contribution is 9.10. The Morgan fingerprint density at radius 3 is 2.79 bits per heavy atom. The van der Waals surface area contributed by atoms with E-state index in [1.165, 1.54) is 11.3 Å². The summed E-state index contributed by atoms with van der Waals surface area (Å²) in [4.78, 5) is 41.2. The number of halogens is 1. The summed E-state index contributed by atoms with van der Waals surface area (Å²) in [5, 5.41) is 5.16. The van der Waals surface area contributed by atoms with Crippen LogP contribution in [0.4, 0.5) is 10.5 Å². The fraction of sp³-hybridized carbons (Fsp3) is 0.550. The first-order valence-corrected chi connectivity index (χ1v) is 10.7. The van der Waals surface area contributed by atoms with Gasteiger partial charge in [0.2, 0.25) is 5.91 Å². The number of urea groups is 1. The third kappa shape index (κ3) is 2.89. The average Bonchev–Trinajstić information content (AvgIpc) is 3.39. The second-order valence-corrected chi connectivity index (χ2v) is 9.23. The number of benzene rings is 1. The molecule has 3 heterocycles. The monoisotopic (exact) mass is 446 g/mol. The maximum absolute atomic E-state index is 12.9. The molecule has 7 nitrogen and oxygen atoms in total. The van der Waals surface area contributed by atoms with Gasteiger partial charge in [0.25, 0.3) is 5.91 Å². The number of carbonyl (C=O) groups excluding carboxylic acids is 3. The summed E-state index contributed by atoms with van der Waals surface area (Å²) in [6.45, 7) is 2.23. The Hall–Kier alpha value is -2.09. The van der Waals surface area contributed by atoms with E-state index in [9.17, 15) is 14.4 Å². The first-order chi connectivity index (χ1) is 13.5. The summed E-state index contributed by atoms with van der Waals surface area (Å²) in [6, 6.07) is 6.26. The molecule has 0 spiro atoms. The first-order valence-electron chi connectivity index (χ1n) is 9.93. The van der Waals surface area contributed by atoms with Gasteiger partial charge in [0.15, 0.2) is 0 Å². The summed E-state index contributed by atoms with van der Waals surface area (Å²) in [5.74, 6) is -0.0356. The number of amides is 4. The number of nitrogens with zero attached hydrogens (tertiary/aromatic N) is 2. The van der Waals surface area contributed by atoms with E-state index in [0.717, 1.165) is 30.3 Å². The molecular formula is C20H23BrN4O3. The van der Waals surface area contributed by atoms with Gasteiger partial charge >= 0.3 is 6.03 Å². The number of nitrogens with one attached hydrogen (secondary N) is 2. The molecule has 0 aromatic heterocycles. The molecule has 148 valence electrons. The summed E-state index contributed by atoms with van der Waals surface area (Å²) in [7, 11) is 0. The molecule has 3 fully saturated rings. The quantitative estimate of drug-likeness (QED) is 0.690. The van der Waals surface area contributed by atoms with E-state index >= 15 is 0 Å². The summed E-state index contributed by atoms with van der Waals surface area (Å²) >= 11 is 3.54. The zero-order chi connectivity index (χ0) is 19.5. The van der Waals surface area contributed by atoms with Crippen molar-refractivity contribution in [3.63, 3.8) is 0 Å². The highest BCUT2D eigenvalue weighted by Crippen LogP contribution is 2.44. The summed E-state index contributed by atoms with van der Waals surface area (Å²) in [6.07, 6.45) is 3.47. The number of anilines is 1. The van der Waals surface area contributed by atoms with Crippen LogP contribution in [-0.2, 0) is 16.0 Å². The van der Waals surface area contributed by atoms with E-state index in [1.807, 2.05) is 4.90 Å². The molecule has 0 radical (unpaired) electrons. The second-order valence-electron chi connectivity index (χ2n) is 8.32. The molecule has 4 aliphatic rings. The van der Waals surface area contributed by atoms with Gasteiger partial charge in [-0.25, -0.2) is 4.79 Å². The molecule has 2 N–H and O–H groups in total. The molecule has 2 saturated heterocycles. The number of hydrogen-bond donors (Lipinski definition) is 2. The van der Waals surface area contributed by atoms with Gasteiger partial charge in [-0.2, -0.15) is 0 Å². The van der Waals surface area contributed by atoms with Gasteiger partial charge in [-0.3, -0.25) is 14.9 Å². The summed E-state index contributed by atoms with van der Waals surface area (Å²) < 4.78 is 1.08. The van der Waals surface area contributed by atoms with Gasteiger partial charge in [-0.15, -0.1) is 0 Å². The van der Waals surface area contributed by atoms with Crippen molar-refractivity contribution >= 4 is 39.5 Å². The first kappa shape index (κ1) is 18.0. The van der Waals surface area contributed by atoms with Crippen LogP contribution in [-0.4, -0.2) is 54.0 Å². The van der Waals surface area contributed by atoms with Crippen LogP contribution in [0.5, 0.6) is 0 Å². The lowest BCUT2D eigenvalue weighted by Crippen LogP contribution is -2.54. The van der Waals surface area contributed by atoms with Crippen molar-refractivity contribution < 1.29 is 14.4 Å². The SMILES string of the molecule is O=C1NC(=O)[C@](CCC(=O)N2CCN3c4ccc(Br)cc4CC3C2)(C2CC2)N1. The molecule has 1 saturated carbocycles. The standard InChI is InChI=1S/C20H23BrN4O3/c21-14-3-4-16-12(9-14)10-15-11-24(7-8-25(15)16)17(26)5-6-20(13-1-2-13)18(27)22-19(28)23-20/h3-4,9,13,15H,1-2,5-8,10-11H2,(H2,22,23,27,28)/t15?,20-/m0/s1. The topological polar surface area (TPSA) is 81.8 Å². The van der Waals surface area contributed by atoms with Crippen LogP contribution in [0, 0.1) is 5.92 Å². The van der Waals surface area contributed by atoms with Crippen molar-refractivity contribution in [2.24, 2.45) is 5.92 Å². The van der Waals surface area contributed by atoms with Crippen molar-refractivity contribution in [3.8, 4) is 0 Å². The number of fused-ring (bicyclic) bond motifs is 3. The number of carbonyl (C=O) groups is 3. The van der Waals surface area contributed by atoms with Gasteiger partial charge in [-0.1, -0.05) is 15.9 Å². The van der Waals surface area contributed by atoms with E-state index in [0.29, 0.717) is 25.6 Å². The minimum absolute atomic E-state index is 0.0748. The van der Waals surface area contributed by atoms with E-state index in [2.05, 4.69) is 49.7 Å². The molecule has 1 aromatic carbocycles. The molecule has 3 aliphatic heterocycles. The number of hydrogen-bond acceptors (Lipinski definition) is 4. The maximum Gasteiger partial charge on any atom is 0.322 e. The Morgan fingerprint density at radius 2 is 2.07 bits per heavy atom. The van der Waals surface area contributed by atoms with Crippen LogP contribution in [0.1, 0.15) is 31.2 Å². The molecule has 4 amide bonds. The van der Waals surface area contributed by atoms with Crippen LogP contribution in [0.2, 0.25) is 0 Å². The third-order valence-corrected chi connectivity index (χ3v) is 7.11. The highest BCUT2D eigenvalue weighted by Gasteiger charge is 2.55. The lowest BCUT2D eigenvalue weighted by Gasteiger charge is -2.39. The fourth-order valence-electron chi connectivity index (χ4n) is 5.04. The van der Waals surface area contributed by atoms with Crippen molar-refractivity contribution in [2.75, 3.05) is 24.5 Å². The van der Waals surface area contributed by atoms with Crippen molar-refractivity contribution in [3.05, 3.63) is 28.2 Å².